The van der Waals surface area contributed by atoms with Gasteiger partial charge in [-0.1, -0.05) is 12.1 Å². The Morgan fingerprint density at radius 1 is 1.26 bits per heavy atom. The number of nitrogens with one attached hydrogen (secondary N) is 2. The molecule has 100 valence electrons. The second-order valence-electron chi connectivity index (χ2n) is 4.42. The highest BCUT2D eigenvalue weighted by molar-refractivity contribution is 5.90. The van der Waals surface area contributed by atoms with Gasteiger partial charge in [0.2, 0.25) is 5.91 Å². The highest BCUT2D eigenvalue weighted by atomic mass is 16.3. The first-order valence-electron chi connectivity index (χ1n) is 6.33. The fourth-order valence-corrected chi connectivity index (χ4v) is 1.77. The molecule has 1 amide bonds. The van der Waals surface area contributed by atoms with E-state index in [2.05, 4.69) is 10.6 Å². The van der Waals surface area contributed by atoms with E-state index in [0.717, 1.165) is 17.0 Å². The first-order valence-corrected chi connectivity index (χ1v) is 6.33. The van der Waals surface area contributed by atoms with Crippen LogP contribution in [0.15, 0.2) is 47.1 Å². The van der Waals surface area contributed by atoms with Crippen molar-refractivity contribution >= 4 is 11.6 Å². The molecule has 1 heterocycles. The van der Waals surface area contributed by atoms with Crippen molar-refractivity contribution in [2.75, 3.05) is 11.9 Å². The first-order chi connectivity index (χ1) is 9.24. The minimum atomic E-state index is 0.0116. The van der Waals surface area contributed by atoms with Gasteiger partial charge in [0.05, 0.1) is 12.8 Å². The Kier molecular flexibility index (Phi) is 4.75. The molecule has 0 atom stereocenters. The molecular weight excluding hydrogens is 240 g/mol. The topological polar surface area (TPSA) is 54.3 Å². The van der Waals surface area contributed by atoms with Crippen LogP contribution >= 0.6 is 0 Å². The summed E-state index contributed by atoms with van der Waals surface area (Å²) in [6.07, 6.45) is 2.08. The molecule has 4 nitrogen and oxygen atoms in total. The summed E-state index contributed by atoms with van der Waals surface area (Å²) in [4.78, 5) is 11.7. The number of furan rings is 1. The number of amides is 1. The molecule has 0 spiro atoms. The minimum absolute atomic E-state index is 0.0116. The molecule has 0 aliphatic carbocycles. The van der Waals surface area contributed by atoms with Crippen LogP contribution < -0.4 is 10.6 Å². The zero-order chi connectivity index (χ0) is 13.5. The molecule has 19 heavy (non-hydrogen) atoms. The zero-order valence-corrected chi connectivity index (χ0v) is 11.0. The van der Waals surface area contributed by atoms with Crippen LogP contribution in [0.3, 0.4) is 0 Å². The van der Waals surface area contributed by atoms with Crippen molar-refractivity contribution < 1.29 is 9.21 Å². The maximum Gasteiger partial charge on any atom is 0.225 e. The Hall–Kier alpha value is -2.07. The lowest BCUT2D eigenvalue weighted by atomic mass is 10.2. The van der Waals surface area contributed by atoms with Crippen LogP contribution in [-0.4, -0.2) is 12.5 Å². The summed E-state index contributed by atoms with van der Waals surface area (Å²) in [5.74, 6) is 0.886. The van der Waals surface area contributed by atoms with Gasteiger partial charge in [-0.15, -0.1) is 0 Å². The van der Waals surface area contributed by atoms with Crippen LogP contribution in [0.25, 0.3) is 0 Å². The number of anilines is 1. The van der Waals surface area contributed by atoms with Crippen LogP contribution in [0.1, 0.15) is 17.7 Å². The van der Waals surface area contributed by atoms with E-state index in [1.54, 1.807) is 6.26 Å². The van der Waals surface area contributed by atoms with E-state index in [0.29, 0.717) is 19.5 Å². The van der Waals surface area contributed by atoms with Gasteiger partial charge >= 0.3 is 0 Å². The number of benzene rings is 1. The second kappa shape index (κ2) is 6.75. The molecular formula is C15H18N2O2. The normalized spacial score (nSPS) is 10.4. The monoisotopic (exact) mass is 258 g/mol. The highest BCUT2D eigenvalue weighted by Crippen LogP contribution is 2.09. The number of carbonyl (C=O) groups is 1. The third kappa shape index (κ3) is 4.60. The molecule has 0 aliphatic heterocycles. The van der Waals surface area contributed by atoms with E-state index < -0.39 is 0 Å². The van der Waals surface area contributed by atoms with Crippen LogP contribution in [0.2, 0.25) is 0 Å². The Labute approximate surface area is 112 Å². The van der Waals surface area contributed by atoms with Crippen LogP contribution in [0.4, 0.5) is 5.69 Å². The standard InChI is InChI=1S/C15H18N2O2/c1-12-4-2-5-13(10-12)17-15(18)7-8-16-11-14-6-3-9-19-14/h2-6,9-10,16H,7-8,11H2,1H3,(H,17,18). The highest BCUT2D eigenvalue weighted by Gasteiger charge is 2.02. The summed E-state index contributed by atoms with van der Waals surface area (Å²) in [6.45, 7) is 3.27. The Bertz CT molecular complexity index is 521. The lowest BCUT2D eigenvalue weighted by Gasteiger charge is -2.06. The summed E-state index contributed by atoms with van der Waals surface area (Å²) in [6, 6.07) is 11.5. The summed E-state index contributed by atoms with van der Waals surface area (Å²) in [5.41, 5.74) is 1.98. The van der Waals surface area contributed by atoms with Crippen molar-refractivity contribution in [3.05, 3.63) is 54.0 Å². The van der Waals surface area contributed by atoms with Gasteiger partial charge in [0.15, 0.2) is 0 Å². The smallest absolute Gasteiger partial charge is 0.225 e. The molecule has 0 bridgehead atoms. The third-order valence-corrected chi connectivity index (χ3v) is 2.71. The van der Waals surface area contributed by atoms with Crippen LogP contribution in [-0.2, 0) is 11.3 Å². The van der Waals surface area contributed by atoms with E-state index in [1.165, 1.54) is 0 Å². The zero-order valence-electron chi connectivity index (χ0n) is 11.0. The van der Waals surface area contributed by atoms with Gasteiger partial charge in [-0.3, -0.25) is 4.79 Å². The van der Waals surface area contributed by atoms with Gasteiger partial charge in [-0.05, 0) is 36.8 Å². The predicted octanol–water partition coefficient (Wildman–Crippen LogP) is 2.71. The number of aryl methyl sites for hydroxylation is 1. The fraction of sp³-hybridized carbons (Fsp3) is 0.267. The molecule has 0 unspecified atom stereocenters. The largest absolute Gasteiger partial charge is 0.468 e. The van der Waals surface area contributed by atoms with E-state index in [-0.39, 0.29) is 5.91 Å². The maximum atomic E-state index is 11.7. The summed E-state index contributed by atoms with van der Waals surface area (Å²) in [7, 11) is 0. The van der Waals surface area contributed by atoms with Gasteiger partial charge in [0.1, 0.15) is 5.76 Å². The number of hydrogen-bond donors (Lipinski definition) is 2. The Morgan fingerprint density at radius 2 is 2.16 bits per heavy atom. The van der Waals surface area contributed by atoms with E-state index in [9.17, 15) is 4.79 Å². The Morgan fingerprint density at radius 3 is 2.89 bits per heavy atom. The lowest BCUT2D eigenvalue weighted by molar-refractivity contribution is -0.116. The minimum Gasteiger partial charge on any atom is -0.468 e. The molecule has 0 saturated heterocycles. The molecule has 0 fully saturated rings. The van der Waals surface area contributed by atoms with E-state index in [4.69, 9.17) is 4.42 Å². The van der Waals surface area contributed by atoms with Crippen molar-refractivity contribution in [3.63, 3.8) is 0 Å². The van der Waals surface area contributed by atoms with Gasteiger partial charge in [0, 0.05) is 18.7 Å². The maximum absolute atomic E-state index is 11.7. The first kappa shape index (κ1) is 13.4. The van der Waals surface area contributed by atoms with Crippen molar-refractivity contribution in [1.29, 1.82) is 0 Å². The summed E-state index contributed by atoms with van der Waals surface area (Å²) in [5, 5.41) is 6.04. The molecule has 1 aromatic heterocycles. The van der Waals surface area contributed by atoms with Gasteiger partial charge in [-0.25, -0.2) is 0 Å². The molecule has 1 aromatic carbocycles. The average molecular weight is 258 g/mol. The predicted molar refractivity (Wildman–Crippen MR) is 74.8 cm³/mol. The van der Waals surface area contributed by atoms with Crippen LogP contribution in [0, 0.1) is 6.92 Å². The van der Waals surface area contributed by atoms with Crippen LogP contribution in [0.5, 0.6) is 0 Å². The molecule has 2 aromatic rings. The van der Waals surface area contributed by atoms with Crippen molar-refractivity contribution in [2.24, 2.45) is 0 Å². The fourth-order valence-electron chi connectivity index (χ4n) is 1.77. The molecule has 2 N–H and O–H groups in total. The molecule has 0 radical (unpaired) electrons. The van der Waals surface area contributed by atoms with Crippen molar-refractivity contribution in [1.82, 2.24) is 5.32 Å². The SMILES string of the molecule is Cc1cccc(NC(=O)CCNCc2ccco2)c1. The van der Waals surface area contributed by atoms with Crippen molar-refractivity contribution in [2.45, 2.75) is 19.9 Å². The quantitative estimate of drug-likeness (QED) is 0.783. The Balaban J connectivity index is 1.67. The van der Waals surface area contributed by atoms with Gasteiger partial charge in [-0.2, -0.15) is 0 Å². The van der Waals surface area contributed by atoms with Gasteiger partial charge < -0.3 is 15.1 Å². The molecule has 0 saturated carbocycles. The van der Waals surface area contributed by atoms with Gasteiger partial charge in [0.25, 0.3) is 0 Å². The third-order valence-electron chi connectivity index (χ3n) is 2.71. The summed E-state index contributed by atoms with van der Waals surface area (Å²) < 4.78 is 5.19. The average Bonchev–Trinajstić information content (AvgIpc) is 2.88. The molecule has 0 aliphatic rings. The lowest BCUT2D eigenvalue weighted by Crippen LogP contribution is -2.21. The van der Waals surface area contributed by atoms with E-state index in [1.807, 2.05) is 43.3 Å². The second-order valence-corrected chi connectivity index (χ2v) is 4.42. The number of carbonyl (C=O) groups excluding carboxylic acids is 1. The number of rotatable bonds is 6. The molecule has 4 heteroatoms. The van der Waals surface area contributed by atoms with E-state index >= 15 is 0 Å². The van der Waals surface area contributed by atoms with Crippen molar-refractivity contribution in [3.8, 4) is 0 Å². The summed E-state index contributed by atoms with van der Waals surface area (Å²) >= 11 is 0. The number of hydrogen-bond acceptors (Lipinski definition) is 3. The molecule has 2 rings (SSSR count).